The summed E-state index contributed by atoms with van der Waals surface area (Å²) in [5.74, 6) is 0. The Morgan fingerprint density at radius 2 is 2.00 bits per heavy atom. The van der Waals surface area contributed by atoms with Crippen molar-refractivity contribution in [2.24, 2.45) is 0 Å². The molecular weight excluding hydrogens is 142 g/mol. The van der Waals surface area contributed by atoms with Crippen LogP contribution >= 0.6 is 0 Å². The minimum atomic E-state index is 0.375. The van der Waals surface area contributed by atoms with Crippen LogP contribution in [0, 0.1) is 0 Å². The third-order valence-electron chi connectivity index (χ3n) is 1.41. The fourth-order valence-corrected chi connectivity index (χ4v) is 0.780. The van der Waals surface area contributed by atoms with Crippen molar-refractivity contribution in [3.8, 4) is 0 Å². The van der Waals surface area contributed by atoms with Crippen molar-refractivity contribution < 1.29 is 9.53 Å². The van der Waals surface area contributed by atoms with Crippen LogP contribution in [0.4, 0.5) is 0 Å². The molecule has 0 saturated carbocycles. The van der Waals surface area contributed by atoms with Crippen LogP contribution in [0.3, 0.4) is 0 Å². The van der Waals surface area contributed by atoms with Gasteiger partial charge in [-0.2, -0.15) is 0 Å². The summed E-state index contributed by atoms with van der Waals surface area (Å²) in [6.45, 7) is 6.52. The smallest absolute Gasteiger partial charge is 0.292 e. The van der Waals surface area contributed by atoms with Gasteiger partial charge in [-0.3, -0.25) is 4.79 Å². The van der Waals surface area contributed by atoms with E-state index in [2.05, 4.69) is 16.6 Å². The number of carbonyl (C=O) groups excluding carboxylic acids is 1. The maximum absolute atomic E-state index is 8.95. The molecule has 1 rings (SSSR count). The summed E-state index contributed by atoms with van der Waals surface area (Å²) in [6, 6.07) is 0. The first-order valence-electron chi connectivity index (χ1n) is 3.65. The summed E-state index contributed by atoms with van der Waals surface area (Å²) in [5.41, 5.74) is 1.40. The molecule has 0 bridgehead atoms. The Morgan fingerprint density at radius 3 is 2.18 bits per heavy atom. The Balaban J connectivity index is 0.000000218. The Morgan fingerprint density at radius 1 is 1.55 bits per heavy atom. The number of ether oxygens (including phenoxy) is 1. The molecule has 0 amide bonds. The maximum Gasteiger partial charge on any atom is 0.292 e. The van der Waals surface area contributed by atoms with Gasteiger partial charge < -0.3 is 10.1 Å². The van der Waals surface area contributed by atoms with Crippen LogP contribution in [0.5, 0.6) is 0 Å². The van der Waals surface area contributed by atoms with Crippen molar-refractivity contribution in [2.75, 3.05) is 20.2 Å². The van der Waals surface area contributed by atoms with Crippen LogP contribution in [0.2, 0.25) is 0 Å². The van der Waals surface area contributed by atoms with Gasteiger partial charge >= 0.3 is 0 Å². The van der Waals surface area contributed by atoms with E-state index in [4.69, 9.17) is 4.79 Å². The standard InChI is InChI=1S/C6H11N.C2H4O2/c1-6-2-4-7-5-3-6;1-4-2-3/h7H,1-5H2;2H,1H3. The topological polar surface area (TPSA) is 38.3 Å². The molecule has 0 aromatic rings. The second kappa shape index (κ2) is 7.28. The maximum atomic E-state index is 8.95. The molecule has 1 aliphatic rings. The first kappa shape index (κ1) is 10.2. The summed E-state index contributed by atoms with van der Waals surface area (Å²) in [6.07, 6.45) is 2.36. The van der Waals surface area contributed by atoms with Crippen LogP contribution in [0.25, 0.3) is 0 Å². The fourth-order valence-electron chi connectivity index (χ4n) is 0.780. The molecule has 0 radical (unpaired) electrons. The Labute approximate surface area is 67.4 Å². The minimum absolute atomic E-state index is 0.375. The predicted molar refractivity (Wildman–Crippen MR) is 44.3 cm³/mol. The van der Waals surface area contributed by atoms with Crippen LogP contribution in [-0.4, -0.2) is 26.7 Å². The van der Waals surface area contributed by atoms with Crippen molar-refractivity contribution in [1.82, 2.24) is 5.32 Å². The number of rotatable bonds is 1. The van der Waals surface area contributed by atoms with Gasteiger partial charge in [0, 0.05) is 0 Å². The molecule has 0 aromatic heterocycles. The summed E-state index contributed by atoms with van der Waals surface area (Å²) in [5, 5.41) is 3.25. The van der Waals surface area contributed by atoms with E-state index >= 15 is 0 Å². The highest BCUT2D eigenvalue weighted by Crippen LogP contribution is 2.04. The average Bonchev–Trinajstić information content (AvgIpc) is 2.07. The van der Waals surface area contributed by atoms with E-state index in [0.717, 1.165) is 13.1 Å². The number of carbonyl (C=O) groups is 1. The molecule has 1 saturated heterocycles. The minimum Gasteiger partial charge on any atom is -0.471 e. The first-order chi connectivity index (χ1) is 5.31. The summed E-state index contributed by atoms with van der Waals surface area (Å²) in [4.78, 5) is 8.95. The first-order valence-corrected chi connectivity index (χ1v) is 3.65. The number of hydrogen-bond acceptors (Lipinski definition) is 3. The van der Waals surface area contributed by atoms with E-state index in [1.165, 1.54) is 25.5 Å². The zero-order valence-electron chi connectivity index (χ0n) is 6.93. The number of methoxy groups -OCH3 is 1. The van der Waals surface area contributed by atoms with Crippen molar-refractivity contribution in [3.63, 3.8) is 0 Å². The summed E-state index contributed by atoms with van der Waals surface area (Å²) >= 11 is 0. The lowest BCUT2D eigenvalue weighted by Gasteiger charge is -2.12. The highest BCUT2D eigenvalue weighted by atomic mass is 16.5. The Hall–Kier alpha value is -0.830. The van der Waals surface area contributed by atoms with E-state index in [1.807, 2.05) is 0 Å². The molecule has 1 fully saturated rings. The van der Waals surface area contributed by atoms with Gasteiger partial charge in [-0.1, -0.05) is 12.2 Å². The normalized spacial score (nSPS) is 16.3. The molecule has 3 nitrogen and oxygen atoms in total. The molecule has 0 aromatic carbocycles. The van der Waals surface area contributed by atoms with Crippen molar-refractivity contribution in [2.45, 2.75) is 12.8 Å². The summed E-state index contributed by atoms with van der Waals surface area (Å²) < 4.78 is 3.86. The number of nitrogens with one attached hydrogen (secondary N) is 1. The average molecular weight is 157 g/mol. The van der Waals surface area contributed by atoms with Crippen molar-refractivity contribution in [3.05, 3.63) is 12.2 Å². The lowest BCUT2D eigenvalue weighted by atomic mass is 10.1. The van der Waals surface area contributed by atoms with Crippen molar-refractivity contribution in [1.29, 1.82) is 0 Å². The molecule has 1 heterocycles. The number of piperidine rings is 1. The molecule has 1 N–H and O–H groups in total. The van der Waals surface area contributed by atoms with Crippen LogP contribution in [0.1, 0.15) is 12.8 Å². The Bertz CT molecular complexity index is 115. The van der Waals surface area contributed by atoms with Gasteiger partial charge in [-0.05, 0) is 25.9 Å². The molecular formula is C8H15NO2. The Kier molecular flexibility index (Phi) is 6.73. The third-order valence-corrected chi connectivity index (χ3v) is 1.41. The molecule has 0 aliphatic carbocycles. The lowest BCUT2D eigenvalue weighted by molar-refractivity contribution is -0.126. The SMILES string of the molecule is C=C1CCNCC1.COC=O. The molecule has 64 valence electrons. The molecule has 0 spiro atoms. The molecule has 3 heteroatoms. The van der Waals surface area contributed by atoms with E-state index in [1.54, 1.807) is 0 Å². The van der Waals surface area contributed by atoms with E-state index in [0.29, 0.717) is 6.47 Å². The second-order valence-corrected chi connectivity index (χ2v) is 2.33. The highest BCUT2D eigenvalue weighted by molar-refractivity contribution is 5.36. The van der Waals surface area contributed by atoms with E-state index < -0.39 is 0 Å². The van der Waals surface area contributed by atoms with Crippen LogP contribution < -0.4 is 5.32 Å². The van der Waals surface area contributed by atoms with Gasteiger partial charge in [-0.15, -0.1) is 0 Å². The van der Waals surface area contributed by atoms with Gasteiger partial charge in [0.25, 0.3) is 6.47 Å². The van der Waals surface area contributed by atoms with Gasteiger partial charge in [0.2, 0.25) is 0 Å². The van der Waals surface area contributed by atoms with Crippen molar-refractivity contribution >= 4 is 6.47 Å². The molecule has 0 atom stereocenters. The molecule has 11 heavy (non-hydrogen) atoms. The quantitative estimate of drug-likeness (QED) is 0.450. The van der Waals surface area contributed by atoms with Gasteiger partial charge in [0.05, 0.1) is 7.11 Å². The monoisotopic (exact) mass is 157 g/mol. The molecule has 1 aliphatic heterocycles. The van der Waals surface area contributed by atoms with Crippen LogP contribution in [0.15, 0.2) is 12.2 Å². The molecule has 0 unspecified atom stereocenters. The van der Waals surface area contributed by atoms with Gasteiger partial charge in [0.15, 0.2) is 0 Å². The fraction of sp³-hybridized carbons (Fsp3) is 0.625. The van der Waals surface area contributed by atoms with E-state index in [-0.39, 0.29) is 0 Å². The second-order valence-electron chi connectivity index (χ2n) is 2.33. The zero-order valence-corrected chi connectivity index (χ0v) is 6.93. The largest absolute Gasteiger partial charge is 0.471 e. The van der Waals surface area contributed by atoms with Gasteiger partial charge in [0.1, 0.15) is 0 Å². The van der Waals surface area contributed by atoms with E-state index in [9.17, 15) is 0 Å². The van der Waals surface area contributed by atoms with Crippen LogP contribution in [-0.2, 0) is 9.53 Å². The zero-order chi connectivity index (χ0) is 8.53. The summed E-state index contributed by atoms with van der Waals surface area (Å²) in [7, 11) is 1.31. The third kappa shape index (κ3) is 7.06. The highest BCUT2D eigenvalue weighted by Gasteiger charge is 1.98. The lowest BCUT2D eigenvalue weighted by Crippen LogP contribution is -2.22. The number of hydrogen-bond donors (Lipinski definition) is 1. The predicted octanol–water partition coefficient (Wildman–Crippen LogP) is 0.715. The van der Waals surface area contributed by atoms with Gasteiger partial charge in [-0.25, -0.2) is 0 Å².